The van der Waals surface area contributed by atoms with Gasteiger partial charge in [0.1, 0.15) is 19.5 Å². The third-order valence-electron chi connectivity index (χ3n) is 3.89. The summed E-state index contributed by atoms with van der Waals surface area (Å²) in [5.74, 6) is -0.220. The molecule has 1 amide bonds. The van der Waals surface area contributed by atoms with Gasteiger partial charge >= 0.3 is 6.09 Å². The third kappa shape index (κ3) is 5.74. The number of benzene rings is 2. The Bertz CT molecular complexity index is 854. The first-order valence-corrected chi connectivity index (χ1v) is 8.45. The SMILES string of the molecule is O=C(NC(Cc1ccccc1)C(=O)Cn1cnnn1)OCc1ccccc1. The molecule has 0 radical (unpaired) electrons. The van der Waals surface area contributed by atoms with E-state index in [0.29, 0.717) is 6.42 Å². The van der Waals surface area contributed by atoms with Crippen LogP contribution < -0.4 is 5.32 Å². The van der Waals surface area contributed by atoms with Crippen molar-refractivity contribution in [3.05, 3.63) is 78.1 Å². The quantitative estimate of drug-likeness (QED) is 0.653. The van der Waals surface area contributed by atoms with Crippen LogP contribution in [-0.2, 0) is 29.1 Å². The first-order valence-electron chi connectivity index (χ1n) is 8.45. The molecule has 27 heavy (non-hydrogen) atoms. The molecule has 2 aromatic carbocycles. The minimum Gasteiger partial charge on any atom is -0.445 e. The van der Waals surface area contributed by atoms with Gasteiger partial charge in [-0.15, -0.1) is 5.10 Å². The molecule has 8 nitrogen and oxygen atoms in total. The number of tetrazole rings is 1. The highest BCUT2D eigenvalue weighted by Gasteiger charge is 2.22. The van der Waals surface area contributed by atoms with Crippen molar-refractivity contribution in [1.82, 2.24) is 25.5 Å². The van der Waals surface area contributed by atoms with Gasteiger partial charge in [0.05, 0.1) is 6.04 Å². The molecule has 0 fully saturated rings. The van der Waals surface area contributed by atoms with Crippen LogP contribution in [-0.4, -0.2) is 38.1 Å². The molecule has 0 aliphatic rings. The normalized spacial score (nSPS) is 11.6. The van der Waals surface area contributed by atoms with Crippen molar-refractivity contribution >= 4 is 11.9 Å². The molecule has 8 heteroatoms. The number of alkyl carbamates (subject to hydrolysis) is 1. The van der Waals surface area contributed by atoms with E-state index in [2.05, 4.69) is 20.8 Å². The fourth-order valence-corrected chi connectivity index (χ4v) is 2.52. The van der Waals surface area contributed by atoms with Crippen LogP contribution in [0.15, 0.2) is 67.0 Å². The molecule has 3 aromatic rings. The Morgan fingerprint density at radius 1 is 1.00 bits per heavy atom. The third-order valence-corrected chi connectivity index (χ3v) is 3.89. The number of ketones is 1. The average molecular weight is 365 g/mol. The molecule has 0 aliphatic heterocycles. The molecule has 3 rings (SSSR count). The van der Waals surface area contributed by atoms with Gasteiger partial charge in [-0.25, -0.2) is 9.48 Å². The van der Waals surface area contributed by atoms with Crippen LogP contribution in [0.3, 0.4) is 0 Å². The van der Waals surface area contributed by atoms with Crippen molar-refractivity contribution in [2.75, 3.05) is 0 Å². The lowest BCUT2D eigenvalue weighted by Crippen LogP contribution is -2.44. The van der Waals surface area contributed by atoms with E-state index in [1.165, 1.54) is 11.0 Å². The number of rotatable bonds is 8. The van der Waals surface area contributed by atoms with Gasteiger partial charge in [-0.3, -0.25) is 4.79 Å². The van der Waals surface area contributed by atoms with Crippen LogP contribution >= 0.6 is 0 Å². The molecule has 0 aliphatic carbocycles. The van der Waals surface area contributed by atoms with Crippen molar-refractivity contribution in [3.8, 4) is 0 Å². The number of nitrogens with zero attached hydrogens (tertiary/aromatic N) is 4. The van der Waals surface area contributed by atoms with Crippen molar-refractivity contribution in [2.24, 2.45) is 0 Å². The summed E-state index contributed by atoms with van der Waals surface area (Å²) >= 11 is 0. The zero-order valence-electron chi connectivity index (χ0n) is 14.6. The van der Waals surface area contributed by atoms with Gasteiger partial charge in [0.2, 0.25) is 0 Å². The van der Waals surface area contributed by atoms with Gasteiger partial charge in [-0.05, 0) is 28.0 Å². The molecule has 1 atom stereocenters. The molecule has 1 N–H and O–H groups in total. The number of hydrogen-bond acceptors (Lipinski definition) is 6. The van der Waals surface area contributed by atoms with Gasteiger partial charge in [-0.1, -0.05) is 60.7 Å². The molecule has 0 saturated carbocycles. The maximum Gasteiger partial charge on any atom is 0.408 e. The Hall–Kier alpha value is -3.55. The number of nitrogens with one attached hydrogen (secondary N) is 1. The second kappa shape index (κ2) is 9.23. The molecule has 0 bridgehead atoms. The fraction of sp³-hybridized carbons (Fsp3) is 0.211. The summed E-state index contributed by atoms with van der Waals surface area (Å²) in [5, 5.41) is 13.4. The first-order chi connectivity index (χ1) is 13.2. The zero-order valence-corrected chi connectivity index (χ0v) is 14.6. The number of carbonyl (C=O) groups excluding carboxylic acids is 2. The highest BCUT2D eigenvalue weighted by atomic mass is 16.5. The molecule has 1 unspecified atom stereocenters. The van der Waals surface area contributed by atoms with Crippen molar-refractivity contribution in [2.45, 2.75) is 25.6 Å². The van der Waals surface area contributed by atoms with Crippen molar-refractivity contribution in [1.29, 1.82) is 0 Å². The summed E-state index contributed by atoms with van der Waals surface area (Å²) in [6, 6.07) is 18.0. The van der Waals surface area contributed by atoms with E-state index in [0.717, 1.165) is 11.1 Å². The smallest absolute Gasteiger partial charge is 0.408 e. The molecule has 138 valence electrons. The van der Waals surface area contributed by atoms with Crippen molar-refractivity contribution in [3.63, 3.8) is 0 Å². The number of ether oxygens (including phenoxy) is 1. The summed E-state index contributed by atoms with van der Waals surface area (Å²) in [4.78, 5) is 24.8. The molecular formula is C19H19N5O3. The van der Waals surface area contributed by atoms with Crippen LogP contribution in [0.25, 0.3) is 0 Å². The highest BCUT2D eigenvalue weighted by Crippen LogP contribution is 2.06. The fourth-order valence-electron chi connectivity index (χ4n) is 2.52. The minimum absolute atomic E-state index is 0.0382. The standard InChI is InChI=1S/C19H19N5O3/c25-18(12-24-14-20-22-23-24)17(11-15-7-3-1-4-8-15)21-19(26)27-13-16-9-5-2-6-10-16/h1-10,14,17H,11-13H2,(H,21,26). The number of amides is 1. The van der Waals surface area contributed by atoms with Gasteiger partial charge in [0, 0.05) is 0 Å². The summed E-state index contributed by atoms with van der Waals surface area (Å²) < 4.78 is 6.55. The van der Waals surface area contributed by atoms with E-state index >= 15 is 0 Å². The maximum absolute atomic E-state index is 12.6. The number of hydrogen-bond donors (Lipinski definition) is 1. The van der Waals surface area contributed by atoms with E-state index in [4.69, 9.17) is 4.74 Å². The van der Waals surface area contributed by atoms with E-state index < -0.39 is 12.1 Å². The predicted octanol–water partition coefficient (Wildman–Crippen LogP) is 1.78. The summed E-state index contributed by atoms with van der Waals surface area (Å²) in [7, 11) is 0. The lowest BCUT2D eigenvalue weighted by Gasteiger charge is -2.17. The molecule has 0 spiro atoms. The summed E-state index contributed by atoms with van der Waals surface area (Å²) in [5.41, 5.74) is 1.79. The van der Waals surface area contributed by atoms with Gasteiger partial charge < -0.3 is 10.1 Å². The number of Topliss-reactive ketones (excluding diaryl/α,β-unsaturated/α-hetero) is 1. The monoisotopic (exact) mass is 365 g/mol. The first kappa shape index (κ1) is 18.2. The van der Waals surface area contributed by atoms with Crippen LogP contribution in [0, 0.1) is 0 Å². The molecule has 1 heterocycles. The molecular weight excluding hydrogens is 346 g/mol. The van der Waals surface area contributed by atoms with Crippen LogP contribution in [0.4, 0.5) is 4.79 Å². The summed E-state index contributed by atoms with van der Waals surface area (Å²) in [6.07, 6.45) is 1.05. The lowest BCUT2D eigenvalue weighted by molar-refractivity contribution is -0.121. The van der Waals surface area contributed by atoms with Crippen LogP contribution in [0.2, 0.25) is 0 Å². The number of carbonyl (C=O) groups is 2. The van der Waals surface area contributed by atoms with E-state index in [9.17, 15) is 9.59 Å². The maximum atomic E-state index is 12.6. The highest BCUT2D eigenvalue weighted by molar-refractivity contribution is 5.87. The lowest BCUT2D eigenvalue weighted by atomic mass is 10.0. The van der Waals surface area contributed by atoms with Gasteiger partial charge in [0.15, 0.2) is 5.78 Å². The van der Waals surface area contributed by atoms with Crippen LogP contribution in [0.5, 0.6) is 0 Å². The predicted molar refractivity (Wildman–Crippen MR) is 96.5 cm³/mol. The van der Waals surface area contributed by atoms with Crippen LogP contribution in [0.1, 0.15) is 11.1 Å². The topological polar surface area (TPSA) is 99.0 Å². The van der Waals surface area contributed by atoms with E-state index in [1.807, 2.05) is 60.7 Å². The second-order valence-corrected chi connectivity index (χ2v) is 5.92. The largest absolute Gasteiger partial charge is 0.445 e. The Balaban J connectivity index is 1.63. The van der Waals surface area contributed by atoms with E-state index in [-0.39, 0.29) is 18.9 Å². The summed E-state index contributed by atoms with van der Waals surface area (Å²) in [6.45, 7) is 0.0926. The molecule has 0 saturated heterocycles. The zero-order chi connectivity index (χ0) is 18.9. The van der Waals surface area contributed by atoms with E-state index in [1.54, 1.807) is 0 Å². The Morgan fingerprint density at radius 2 is 1.67 bits per heavy atom. The Kier molecular flexibility index (Phi) is 6.24. The van der Waals surface area contributed by atoms with Gasteiger partial charge in [0.25, 0.3) is 0 Å². The van der Waals surface area contributed by atoms with Gasteiger partial charge in [-0.2, -0.15) is 0 Å². The minimum atomic E-state index is -0.750. The molecule has 1 aromatic heterocycles. The number of aromatic nitrogens is 4. The average Bonchev–Trinajstić information content (AvgIpc) is 3.20. The second-order valence-electron chi connectivity index (χ2n) is 5.92. The Morgan fingerprint density at radius 3 is 2.30 bits per heavy atom. The van der Waals surface area contributed by atoms with Crippen molar-refractivity contribution < 1.29 is 14.3 Å². The Labute approximate surface area is 156 Å².